The molecule has 1 unspecified atom stereocenters. The van der Waals surface area contributed by atoms with Gasteiger partial charge in [0.25, 0.3) is 5.91 Å². The smallest absolute Gasteiger partial charge is 0.305 e. The highest BCUT2D eigenvalue weighted by molar-refractivity contribution is 5.94. The van der Waals surface area contributed by atoms with Gasteiger partial charge in [0.2, 0.25) is 0 Å². The van der Waals surface area contributed by atoms with E-state index in [4.69, 9.17) is 5.11 Å². The molecule has 0 aliphatic heterocycles. The van der Waals surface area contributed by atoms with Crippen molar-refractivity contribution in [1.82, 2.24) is 5.32 Å². The number of benzene rings is 1. The van der Waals surface area contributed by atoms with E-state index in [0.29, 0.717) is 6.42 Å². The first kappa shape index (κ1) is 17.1. The van der Waals surface area contributed by atoms with Crippen molar-refractivity contribution >= 4 is 11.9 Å². The fourth-order valence-corrected chi connectivity index (χ4v) is 2.06. The summed E-state index contributed by atoms with van der Waals surface area (Å²) in [6.45, 7) is 5.70. The molecule has 21 heavy (non-hydrogen) atoms. The van der Waals surface area contributed by atoms with Crippen LogP contribution in [0.1, 0.15) is 44.0 Å². The van der Waals surface area contributed by atoms with Crippen LogP contribution in [0.25, 0.3) is 0 Å². The molecular formula is C15H19F2NO3. The maximum Gasteiger partial charge on any atom is 0.305 e. The number of aliphatic carboxylic acids is 1. The molecular weight excluding hydrogens is 280 g/mol. The van der Waals surface area contributed by atoms with Gasteiger partial charge in [-0.2, -0.15) is 0 Å². The summed E-state index contributed by atoms with van der Waals surface area (Å²) in [5.74, 6) is -3.46. The Kier molecular flexibility index (Phi) is 5.41. The molecule has 6 heteroatoms. The Morgan fingerprint density at radius 1 is 1.29 bits per heavy atom. The molecule has 0 aliphatic rings. The summed E-state index contributed by atoms with van der Waals surface area (Å²) in [5, 5.41) is 11.3. The number of hydrogen-bond acceptors (Lipinski definition) is 2. The van der Waals surface area contributed by atoms with Crippen molar-refractivity contribution in [2.45, 2.75) is 39.7 Å². The zero-order valence-corrected chi connectivity index (χ0v) is 12.2. The van der Waals surface area contributed by atoms with Gasteiger partial charge in [0.1, 0.15) is 11.6 Å². The number of rotatable bonds is 5. The third kappa shape index (κ3) is 5.89. The van der Waals surface area contributed by atoms with Crippen molar-refractivity contribution in [2.75, 3.05) is 0 Å². The molecule has 1 atom stereocenters. The molecule has 0 aromatic heterocycles. The number of carbonyl (C=O) groups is 2. The highest BCUT2D eigenvalue weighted by Gasteiger charge is 2.24. The van der Waals surface area contributed by atoms with Gasteiger partial charge >= 0.3 is 5.97 Å². The Morgan fingerprint density at radius 3 is 2.43 bits per heavy atom. The number of amides is 1. The predicted molar refractivity (Wildman–Crippen MR) is 73.9 cm³/mol. The molecule has 1 amide bonds. The van der Waals surface area contributed by atoms with Gasteiger partial charge in [-0.05, 0) is 30.0 Å². The van der Waals surface area contributed by atoms with Crippen molar-refractivity contribution < 1.29 is 23.5 Å². The first-order chi connectivity index (χ1) is 9.58. The predicted octanol–water partition coefficient (Wildman–Crippen LogP) is 2.97. The molecule has 0 saturated heterocycles. The molecule has 116 valence electrons. The van der Waals surface area contributed by atoms with Crippen molar-refractivity contribution in [3.8, 4) is 0 Å². The first-order valence-electron chi connectivity index (χ1n) is 6.56. The summed E-state index contributed by atoms with van der Waals surface area (Å²) in [7, 11) is 0. The van der Waals surface area contributed by atoms with Gasteiger partial charge in [-0.1, -0.05) is 20.8 Å². The van der Waals surface area contributed by atoms with E-state index in [2.05, 4.69) is 5.32 Å². The molecule has 0 aliphatic carbocycles. The molecule has 1 aromatic rings. The van der Waals surface area contributed by atoms with Gasteiger partial charge in [0.05, 0.1) is 12.0 Å². The van der Waals surface area contributed by atoms with Gasteiger partial charge in [0.15, 0.2) is 0 Å². The maximum atomic E-state index is 13.5. The standard InChI is InChI=1S/C15H19F2NO3/c1-15(2,3)8-10(7-13(19)20)18-14(21)11-6-9(16)4-5-12(11)17/h4-6,10H,7-8H2,1-3H3,(H,18,21)(H,19,20). The second-order valence-electron chi connectivity index (χ2n) is 6.16. The minimum atomic E-state index is -1.07. The van der Waals surface area contributed by atoms with Crippen LogP contribution in [-0.4, -0.2) is 23.0 Å². The fourth-order valence-electron chi connectivity index (χ4n) is 2.06. The number of hydrogen-bond donors (Lipinski definition) is 2. The zero-order valence-electron chi connectivity index (χ0n) is 12.2. The van der Waals surface area contributed by atoms with Crippen LogP contribution in [0.4, 0.5) is 8.78 Å². The SMILES string of the molecule is CC(C)(C)CC(CC(=O)O)NC(=O)c1cc(F)ccc1F. The molecule has 2 N–H and O–H groups in total. The van der Waals surface area contributed by atoms with Gasteiger partial charge in [-0.3, -0.25) is 9.59 Å². The number of carboxylic acids is 1. The van der Waals surface area contributed by atoms with E-state index in [1.165, 1.54) is 0 Å². The minimum absolute atomic E-state index is 0.214. The van der Waals surface area contributed by atoms with Gasteiger partial charge < -0.3 is 10.4 Å². The molecule has 0 fully saturated rings. The molecule has 4 nitrogen and oxygen atoms in total. The van der Waals surface area contributed by atoms with Gasteiger partial charge in [0, 0.05) is 6.04 Å². The van der Waals surface area contributed by atoms with Crippen LogP contribution in [0.2, 0.25) is 0 Å². The average molecular weight is 299 g/mol. The Bertz CT molecular complexity index is 538. The fraction of sp³-hybridized carbons (Fsp3) is 0.467. The van der Waals surface area contributed by atoms with E-state index >= 15 is 0 Å². The molecule has 0 heterocycles. The first-order valence-corrected chi connectivity index (χ1v) is 6.56. The second-order valence-corrected chi connectivity index (χ2v) is 6.16. The molecule has 0 saturated carbocycles. The van der Waals surface area contributed by atoms with E-state index in [-0.39, 0.29) is 11.8 Å². The lowest BCUT2D eigenvalue weighted by Crippen LogP contribution is -2.39. The summed E-state index contributed by atoms with van der Waals surface area (Å²) < 4.78 is 26.6. The van der Waals surface area contributed by atoms with Crippen LogP contribution < -0.4 is 5.32 Å². The third-order valence-electron chi connectivity index (χ3n) is 2.79. The summed E-state index contributed by atoms with van der Waals surface area (Å²) in [5.41, 5.74) is -0.646. The Balaban J connectivity index is 2.89. The maximum absolute atomic E-state index is 13.5. The van der Waals surface area contributed by atoms with Crippen molar-refractivity contribution in [3.63, 3.8) is 0 Å². The normalized spacial score (nSPS) is 12.8. The average Bonchev–Trinajstić information content (AvgIpc) is 2.28. The summed E-state index contributed by atoms with van der Waals surface area (Å²) in [4.78, 5) is 22.8. The van der Waals surface area contributed by atoms with E-state index in [1.807, 2.05) is 20.8 Å². The van der Waals surface area contributed by atoms with E-state index < -0.39 is 35.1 Å². The number of nitrogens with one attached hydrogen (secondary N) is 1. The summed E-state index contributed by atoms with van der Waals surface area (Å²) >= 11 is 0. The van der Waals surface area contributed by atoms with Crippen LogP contribution in [0.15, 0.2) is 18.2 Å². The van der Waals surface area contributed by atoms with Crippen LogP contribution in [0.3, 0.4) is 0 Å². The largest absolute Gasteiger partial charge is 0.481 e. The second kappa shape index (κ2) is 6.65. The lowest BCUT2D eigenvalue weighted by molar-refractivity contribution is -0.137. The number of halogens is 2. The summed E-state index contributed by atoms with van der Waals surface area (Å²) in [6.07, 6.45) is 0.127. The van der Waals surface area contributed by atoms with Crippen LogP contribution in [0.5, 0.6) is 0 Å². The van der Waals surface area contributed by atoms with Crippen LogP contribution in [-0.2, 0) is 4.79 Å². The number of carbonyl (C=O) groups excluding carboxylic acids is 1. The zero-order chi connectivity index (χ0) is 16.2. The Morgan fingerprint density at radius 2 is 1.90 bits per heavy atom. The Hall–Kier alpha value is -1.98. The molecule has 1 aromatic carbocycles. The van der Waals surface area contributed by atoms with Gasteiger partial charge in [-0.25, -0.2) is 8.78 Å². The lowest BCUT2D eigenvalue weighted by atomic mass is 9.87. The van der Waals surface area contributed by atoms with E-state index in [9.17, 15) is 18.4 Å². The summed E-state index contributed by atoms with van der Waals surface area (Å²) in [6, 6.07) is 1.91. The van der Waals surface area contributed by atoms with E-state index in [1.54, 1.807) is 0 Å². The van der Waals surface area contributed by atoms with Gasteiger partial charge in [-0.15, -0.1) is 0 Å². The third-order valence-corrected chi connectivity index (χ3v) is 2.79. The van der Waals surface area contributed by atoms with Crippen molar-refractivity contribution in [1.29, 1.82) is 0 Å². The molecule has 0 bridgehead atoms. The van der Waals surface area contributed by atoms with Crippen molar-refractivity contribution in [3.05, 3.63) is 35.4 Å². The highest BCUT2D eigenvalue weighted by Crippen LogP contribution is 2.22. The number of carboxylic acid groups (broad SMARTS) is 1. The highest BCUT2D eigenvalue weighted by atomic mass is 19.1. The lowest BCUT2D eigenvalue weighted by Gasteiger charge is -2.25. The van der Waals surface area contributed by atoms with E-state index in [0.717, 1.165) is 18.2 Å². The quantitative estimate of drug-likeness (QED) is 0.878. The molecule has 0 spiro atoms. The van der Waals surface area contributed by atoms with Crippen molar-refractivity contribution in [2.24, 2.45) is 5.41 Å². The van der Waals surface area contributed by atoms with Crippen LogP contribution >= 0.6 is 0 Å². The monoisotopic (exact) mass is 299 g/mol. The minimum Gasteiger partial charge on any atom is -0.481 e. The topological polar surface area (TPSA) is 66.4 Å². The molecule has 0 radical (unpaired) electrons. The Labute approximate surface area is 122 Å². The molecule has 1 rings (SSSR count). The van der Waals surface area contributed by atoms with Crippen LogP contribution in [0, 0.1) is 17.0 Å².